The third kappa shape index (κ3) is 5.54. The number of carbonyl (C=O) groups is 1. The number of carbonyl (C=O) groups excluding carboxylic acids is 1. The highest BCUT2D eigenvalue weighted by Crippen LogP contribution is 2.06. The van der Waals surface area contributed by atoms with Gasteiger partial charge in [-0.3, -0.25) is 14.6 Å². The molecule has 8 nitrogen and oxygen atoms in total. The van der Waals surface area contributed by atoms with Crippen molar-refractivity contribution in [3.8, 4) is 0 Å². The van der Waals surface area contributed by atoms with Crippen LogP contribution in [0.25, 0.3) is 0 Å². The van der Waals surface area contributed by atoms with Crippen LogP contribution in [0.3, 0.4) is 0 Å². The van der Waals surface area contributed by atoms with E-state index in [0.717, 1.165) is 57.9 Å². The van der Waals surface area contributed by atoms with Crippen molar-refractivity contribution < 1.29 is 4.79 Å². The van der Waals surface area contributed by atoms with Gasteiger partial charge in [0.2, 0.25) is 5.91 Å². The van der Waals surface area contributed by atoms with Crippen molar-refractivity contribution in [2.24, 2.45) is 0 Å². The van der Waals surface area contributed by atoms with Crippen molar-refractivity contribution >= 4 is 5.91 Å². The Labute approximate surface area is 138 Å². The van der Waals surface area contributed by atoms with Crippen LogP contribution in [0.4, 0.5) is 0 Å². The van der Waals surface area contributed by atoms with Crippen molar-refractivity contribution in [1.29, 1.82) is 0 Å². The predicted molar refractivity (Wildman–Crippen MR) is 87.7 cm³/mol. The van der Waals surface area contributed by atoms with Crippen molar-refractivity contribution in [1.82, 2.24) is 35.3 Å². The van der Waals surface area contributed by atoms with Gasteiger partial charge in [-0.15, -0.1) is 5.10 Å². The van der Waals surface area contributed by atoms with Gasteiger partial charge in [0.05, 0.1) is 13.1 Å². The molecule has 1 atom stereocenters. The quantitative estimate of drug-likeness (QED) is 0.732. The molecule has 2 rings (SSSR count). The largest absolute Gasteiger partial charge is 0.353 e. The molecule has 2 heterocycles. The molecule has 23 heavy (non-hydrogen) atoms. The maximum absolute atomic E-state index is 11.9. The zero-order valence-electron chi connectivity index (χ0n) is 14.5. The van der Waals surface area contributed by atoms with Gasteiger partial charge in [-0.05, 0) is 30.2 Å². The first-order valence-electron chi connectivity index (χ1n) is 8.61. The number of tetrazole rings is 1. The highest BCUT2D eigenvalue weighted by Gasteiger charge is 2.21. The zero-order valence-corrected chi connectivity index (χ0v) is 14.5. The summed E-state index contributed by atoms with van der Waals surface area (Å²) in [6.07, 6.45) is 1.99. The van der Waals surface area contributed by atoms with Crippen molar-refractivity contribution in [3.63, 3.8) is 0 Å². The lowest BCUT2D eigenvalue weighted by Gasteiger charge is -2.34. The maximum Gasteiger partial charge on any atom is 0.234 e. The number of nitrogens with zero attached hydrogens (tertiary/aromatic N) is 6. The predicted octanol–water partition coefficient (Wildman–Crippen LogP) is 0.115. The molecule has 1 amide bonds. The van der Waals surface area contributed by atoms with Gasteiger partial charge in [-0.25, -0.2) is 4.68 Å². The Kier molecular flexibility index (Phi) is 6.91. The standard InChI is InChI=1S/C15H29N7O/c1-4-6-22-14(17-18-19-22)11-20-7-9-21(10-8-20)12-15(23)16-13(3)5-2/h13H,4-12H2,1-3H3,(H,16,23). The van der Waals surface area contributed by atoms with Gasteiger partial charge in [0.15, 0.2) is 5.82 Å². The molecule has 0 saturated carbocycles. The Morgan fingerprint density at radius 1 is 1.22 bits per heavy atom. The monoisotopic (exact) mass is 323 g/mol. The van der Waals surface area contributed by atoms with Gasteiger partial charge >= 0.3 is 0 Å². The van der Waals surface area contributed by atoms with Gasteiger partial charge in [-0.1, -0.05) is 13.8 Å². The van der Waals surface area contributed by atoms with Crippen LogP contribution >= 0.6 is 0 Å². The lowest BCUT2D eigenvalue weighted by molar-refractivity contribution is -0.123. The average molecular weight is 323 g/mol. The molecule has 1 aliphatic rings. The molecule has 130 valence electrons. The topological polar surface area (TPSA) is 79.2 Å². The SMILES string of the molecule is CCCn1nnnc1CN1CCN(CC(=O)NC(C)CC)CC1. The summed E-state index contributed by atoms with van der Waals surface area (Å²) in [5.41, 5.74) is 0. The summed E-state index contributed by atoms with van der Waals surface area (Å²) in [7, 11) is 0. The molecule has 1 fully saturated rings. The molecule has 0 spiro atoms. The minimum atomic E-state index is 0.125. The number of hydrogen-bond acceptors (Lipinski definition) is 6. The normalized spacial score (nSPS) is 18.0. The number of aryl methyl sites for hydroxylation is 1. The fraction of sp³-hybridized carbons (Fsp3) is 0.867. The van der Waals surface area contributed by atoms with Crippen LogP contribution in [0.1, 0.15) is 39.4 Å². The maximum atomic E-state index is 11.9. The van der Waals surface area contributed by atoms with Gasteiger partial charge in [-0.2, -0.15) is 0 Å². The molecule has 0 aliphatic carbocycles. The first-order valence-corrected chi connectivity index (χ1v) is 8.61. The summed E-state index contributed by atoms with van der Waals surface area (Å²) in [5.74, 6) is 1.05. The number of nitrogens with one attached hydrogen (secondary N) is 1. The Hall–Kier alpha value is -1.54. The fourth-order valence-corrected chi connectivity index (χ4v) is 2.65. The smallest absolute Gasteiger partial charge is 0.234 e. The number of rotatable bonds is 8. The van der Waals surface area contributed by atoms with Crippen molar-refractivity contribution in [2.75, 3.05) is 32.7 Å². The van der Waals surface area contributed by atoms with Gasteiger partial charge in [0.1, 0.15) is 0 Å². The molecule has 0 aromatic carbocycles. The zero-order chi connectivity index (χ0) is 16.7. The molecule has 0 radical (unpaired) electrons. The van der Waals surface area contributed by atoms with Gasteiger partial charge in [0.25, 0.3) is 0 Å². The second kappa shape index (κ2) is 8.93. The molecule has 8 heteroatoms. The molecule has 1 unspecified atom stereocenters. The number of hydrogen-bond donors (Lipinski definition) is 1. The van der Waals surface area contributed by atoms with Crippen LogP contribution < -0.4 is 5.32 Å². The van der Waals surface area contributed by atoms with Gasteiger partial charge in [0, 0.05) is 38.8 Å². The van der Waals surface area contributed by atoms with E-state index >= 15 is 0 Å². The van der Waals surface area contributed by atoms with E-state index in [2.05, 4.69) is 44.5 Å². The molecule has 1 N–H and O–H groups in total. The fourth-order valence-electron chi connectivity index (χ4n) is 2.65. The Morgan fingerprint density at radius 3 is 2.57 bits per heavy atom. The van der Waals surface area contributed by atoms with E-state index in [1.807, 2.05) is 11.6 Å². The van der Waals surface area contributed by atoms with Crippen LogP contribution in [-0.2, 0) is 17.9 Å². The summed E-state index contributed by atoms with van der Waals surface area (Å²) in [4.78, 5) is 16.5. The third-order valence-electron chi connectivity index (χ3n) is 4.26. The van der Waals surface area contributed by atoms with Crippen molar-refractivity contribution in [3.05, 3.63) is 5.82 Å². The summed E-state index contributed by atoms with van der Waals surface area (Å²) < 4.78 is 1.88. The second-order valence-corrected chi connectivity index (χ2v) is 6.25. The molecule has 1 aromatic heterocycles. The minimum absolute atomic E-state index is 0.125. The lowest BCUT2D eigenvalue weighted by atomic mass is 10.2. The number of amides is 1. The highest BCUT2D eigenvalue weighted by molar-refractivity contribution is 5.78. The van der Waals surface area contributed by atoms with Crippen LogP contribution in [0.15, 0.2) is 0 Å². The van der Waals surface area contributed by atoms with Crippen LogP contribution in [0.5, 0.6) is 0 Å². The number of piperazine rings is 1. The second-order valence-electron chi connectivity index (χ2n) is 6.25. The first-order chi connectivity index (χ1) is 11.1. The molecule has 1 aliphatic heterocycles. The minimum Gasteiger partial charge on any atom is -0.353 e. The van der Waals surface area contributed by atoms with E-state index in [0.29, 0.717) is 6.54 Å². The van der Waals surface area contributed by atoms with E-state index in [4.69, 9.17) is 0 Å². The summed E-state index contributed by atoms with van der Waals surface area (Å²) in [6, 6.07) is 0.251. The Morgan fingerprint density at radius 2 is 1.91 bits per heavy atom. The Bertz CT molecular complexity index is 482. The molecular weight excluding hydrogens is 294 g/mol. The summed E-state index contributed by atoms with van der Waals surface area (Å²) >= 11 is 0. The van der Waals surface area contributed by atoms with Crippen LogP contribution in [0.2, 0.25) is 0 Å². The molecule has 1 aromatic rings. The molecule has 1 saturated heterocycles. The van der Waals surface area contributed by atoms with Crippen LogP contribution in [0, 0.1) is 0 Å². The highest BCUT2D eigenvalue weighted by atomic mass is 16.2. The van der Waals surface area contributed by atoms with E-state index in [9.17, 15) is 4.79 Å². The summed E-state index contributed by atoms with van der Waals surface area (Å²) in [5, 5.41) is 14.9. The summed E-state index contributed by atoms with van der Waals surface area (Å²) in [6.45, 7) is 12.1. The van der Waals surface area contributed by atoms with Crippen molar-refractivity contribution in [2.45, 2.75) is 52.7 Å². The number of aromatic nitrogens is 4. The van der Waals surface area contributed by atoms with E-state index in [1.54, 1.807) is 0 Å². The molecule has 0 bridgehead atoms. The lowest BCUT2D eigenvalue weighted by Crippen LogP contribution is -2.50. The Balaban J connectivity index is 1.73. The van der Waals surface area contributed by atoms with Gasteiger partial charge < -0.3 is 5.32 Å². The first kappa shape index (κ1) is 17.8. The average Bonchev–Trinajstić information content (AvgIpc) is 2.96. The van der Waals surface area contributed by atoms with E-state index < -0.39 is 0 Å². The molecular formula is C15H29N7O. The third-order valence-corrected chi connectivity index (χ3v) is 4.26. The van der Waals surface area contributed by atoms with E-state index in [1.165, 1.54) is 0 Å². The van der Waals surface area contributed by atoms with Crippen LogP contribution in [-0.4, -0.2) is 74.7 Å². The van der Waals surface area contributed by atoms with E-state index in [-0.39, 0.29) is 11.9 Å².